The normalized spacial score (nSPS) is 11.5. The lowest BCUT2D eigenvalue weighted by atomic mass is 10.4. The number of carbonyl (C=O) groups excluding carboxylic acids is 1. The first-order valence-corrected chi connectivity index (χ1v) is 6.81. The van der Waals surface area contributed by atoms with E-state index in [4.69, 9.17) is 13.3 Å². The fourth-order valence-corrected chi connectivity index (χ4v) is 2.95. The lowest BCUT2D eigenvalue weighted by Gasteiger charge is -2.25. The molecular formula is C9H21NO4Si. The second-order valence-electron chi connectivity index (χ2n) is 3.34. The molecule has 0 aliphatic heterocycles. The van der Waals surface area contributed by atoms with Gasteiger partial charge in [-0.1, -0.05) is 0 Å². The molecular weight excluding hydrogens is 214 g/mol. The second-order valence-corrected chi connectivity index (χ2v) is 6.43. The SMILES string of the molecule is CO[Si](CCCN(C)C(C)=O)(OC)OC. The standard InChI is InChI=1S/C9H21NO4Si/c1-9(11)10(2)7-6-8-15(12-3,13-4)14-5/h6-8H2,1-5H3. The Morgan fingerprint density at radius 1 is 1.20 bits per heavy atom. The number of hydrogen-bond acceptors (Lipinski definition) is 4. The Morgan fingerprint density at radius 3 is 2.00 bits per heavy atom. The third kappa shape index (κ3) is 4.74. The van der Waals surface area contributed by atoms with Gasteiger partial charge in [0, 0.05) is 47.9 Å². The first-order chi connectivity index (χ1) is 7.01. The Kier molecular flexibility index (Phi) is 6.74. The van der Waals surface area contributed by atoms with Crippen LogP contribution in [0.4, 0.5) is 0 Å². The zero-order valence-corrected chi connectivity index (χ0v) is 11.2. The quantitative estimate of drug-likeness (QED) is 0.610. The lowest BCUT2D eigenvalue weighted by molar-refractivity contribution is -0.127. The summed E-state index contributed by atoms with van der Waals surface area (Å²) in [6, 6.07) is 0.716. The van der Waals surface area contributed by atoms with E-state index in [9.17, 15) is 4.79 Å². The molecule has 0 radical (unpaired) electrons. The van der Waals surface area contributed by atoms with Crippen molar-refractivity contribution < 1.29 is 18.1 Å². The summed E-state index contributed by atoms with van der Waals surface area (Å²) in [6.45, 7) is 2.24. The molecule has 0 N–H and O–H groups in total. The van der Waals surface area contributed by atoms with E-state index in [2.05, 4.69) is 0 Å². The Balaban J connectivity index is 3.96. The van der Waals surface area contributed by atoms with Gasteiger partial charge in [-0.05, 0) is 6.42 Å². The van der Waals surface area contributed by atoms with Crippen molar-refractivity contribution in [1.29, 1.82) is 0 Å². The van der Waals surface area contributed by atoms with Gasteiger partial charge in [0.15, 0.2) is 0 Å². The van der Waals surface area contributed by atoms with Crippen molar-refractivity contribution in [3.8, 4) is 0 Å². The average Bonchev–Trinajstić information content (AvgIpc) is 2.24. The van der Waals surface area contributed by atoms with Crippen molar-refractivity contribution in [2.45, 2.75) is 19.4 Å². The second kappa shape index (κ2) is 6.94. The van der Waals surface area contributed by atoms with Crippen LogP contribution >= 0.6 is 0 Å². The zero-order chi connectivity index (χ0) is 11.9. The Labute approximate surface area is 92.7 Å². The molecule has 0 bridgehead atoms. The molecule has 0 atom stereocenters. The molecule has 5 nitrogen and oxygen atoms in total. The molecule has 0 heterocycles. The zero-order valence-electron chi connectivity index (χ0n) is 10.2. The van der Waals surface area contributed by atoms with Crippen molar-refractivity contribution in [3.63, 3.8) is 0 Å². The molecule has 90 valence electrons. The first-order valence-electron chi connectivity index (χ1n) is 4.88. The predicted octanol–water partition coefficient (Wildman–Crippen LogP) is 0.733. The number of hydrogen-bond donors (Lipinski definition) is 0. The molecule has 0 aromatic carbocycles. The summed E-state index contributed by atoms with van der Waals surface area (Å²) < 4.78 is 15.8. The first kappa shape index (κ1) is 14.6. The van der Waals surface area contributed by atoms with Crippen LogP contribution in [-0.2, 0) is 18.1 Å². The molecule has 0 unspecified atom stereocenters. The maximum Gasteiger partial charge on any atom is 0.500 e. The van der Waals surface area contributed by atoms with Crippen molar-refractivity contribution >= 4 is 14.7 Å². The van der Waals surface area contributed by atoms with Gasteiger partial charge in [0.25, 0.3) is 0 Å². The average molecular weight is 235 g/mol. The van der Waals surface area contributed by atoms with Gasteiger partial charge in [-0.25, -0.2) is 0 Å². The van der Waals surface area contributed by atoms with E-state index in [1.165, 1.54) is 0 Å². The summed E-state index contributed by atoms with van der Waals surface area (Å²) in [6.07, 6.45) is 0.817. The Morgan fingerprint density at radius 2 is 1.67 bits per heavy atom. The van der Waals surface area contributed by atoms with Gasteiger partial charge < -0.3 is 18.2 Å². The van der Waals surface area contributed by atoms with Crippen molar-refractivity contribution in [3.05, 3.63) is 0 Å². The highest BCUT2D eigenvalue weighted by molar-refractivity contribution is 6.60. The molecule has 0 spiro atoms. The monoisotopic (exact) mass is 235 g/mol. The number of rotatable bonds is 7. The van der Waals surface area contributed by atoms with Gasteiger partial charge in [-0.3, -0.25) is 4.79 Å². The fourth-order valence-electron chi connectivity index (χ4n) is 1.25. The third-order valence-corrected chi connectivity index (χ3v) is 5.28. The van der Waals surface area contributed by atoms with E-state index >= 15 is 0 Å². The van der Waals surface area contributed by atoms with Gasteiger partial charge in [0.2, 0.25) is 5.91 Å². The van der Waals surface area contributed by atoms with E-state index < -0.39 is 8.80 Å². The Hall–Kier alpha value is -0.433. The highest BCUT2D eigenvalue weighted by Gasteiger charge is 2.36. The summed E-state index contributed by atoms with van der Waals surface area (Å²) in [5, 5.41) is 0. The number of carbonyl (C=O) groups is 1. The van der Waals surface area contributed by atoms with Crippen LogP contribution < -0.4 is 0 Å². The minimum Gasteiger partial charge on any atom is -0.377 e. The van der Waals surface area contributed by atoms with Crippen LogP contribution in [0.2, 0.25) is 6.04 Å². The molecule has 0 rings (SSSR count). The van der Waals surface area contributed by atoms with Crippen LogP contribution in [-0.4, -0.2) is 54.5 Å². The molecule has 1 amide bonds. The third-order valence-electron chi connectivity index (χ3n) is 2.45. The van der Waals surface area contributed by atoms with E-state index in [0.717, 1.165) is 6.42 Å². The van der Waals surface area contributed by atoms with Gasteiger partial charge in [0.1, 0.15) is 0 Å². The molecule has 0 saturated heterocycles. The Bertz CT molecular complexity index is 188. The largest absolute Gasteiger partial charge is 0.500 e. The lowest BCUT2D eigenvalue weighted by Crippen LogP contribution is -2.43. The van der Waals surface area contributed by atoms with Gasteiger partial charge in [0.05, 0.1) is 0 Å². The molecule has 0 aliphatic rings. The van der Waals surface area contributed by atoms with Gasteiger partial charge in [-0.15, -0.1) is 0 Å². The molecule has 6 heteroatoms. The van der Waals surface area contributed by atoms with E-state index in [-0.39, 0.29) is 5.91 Å². The fraction of sp³-hybridized carbons (Fsp3) is 0.889. The van der Waals surface area contributed by atoms with Crippen LogP contribution in [0.25, 0.3) is 0 Å². The number of nitrogens with zero attached hydrogens (tertiary/aromatic N) is 1. The van der Waals surface area contributed by atoms with Crippen LogP contribution in [0.5, 0.6) is 0 Å². The van der Waals surface area contributed by atoms with E-state index in [1.807, 2.05) is 0 Å². The van der Waals surface area contributed by atoms with Crippen LogP contribution in [0.1, 0.15) is 13.3 Å². The molecule has 0 saturated carbocycles. The van der Waals surface area contributed by atoms with Crippen molar-refractivity contribution in [1.82, 2.24) is 4.90 Å². The molecule has 0 aromatic rings. The molecule has 0 aliphatic carbocycles. The van der Waals surface area contributed by atoms with E-state index in [1.54, 1.807) is 40.2 Å². The predicted molar refractivity (Wildman–Crippen MR) is 59.5 cm³/mol. The van der Waals surface area contributed by atoms with Crippen molar-refractivity contribution in [2.24, 2.45) is 0 Å². The summed E-state index contributed by atoms with van der Waals surface area (Å²) in [4.78, 5) is 12.6. The minimum absolute atomic E-state index is 0.0644. The van der Waals surface area contributed by atoms with Crippen molar-refractivity contribution in [2.75, 3.05) is 34.9 Å². The summed E-state index contributed by atoms with van der Waals surface area (Å²) in [5.74, 6) is 0.0644. The van der Waals surface area contributed by atoms with Crippen LogP contribution in [0.3, 0.4) is 0 Å². The summed E-state index contributed by atoms with van der Waals surface area (Å²) in [7, 11) is 4.09. The van der Waals surface area contributed by atoms with Crippen LogP contribution in [0.15, 0.2) is 0 Å². The molecule has 0 fully saturated rings. The highest BCUT2D eigenvalue weighted by atomic mass is 28.4. The topological polar surface area (TPSA) is 48.0 Å². The smallest absolute Gasteiger partial charge is 0.377 e. The molecule has 15 heavy (non-hydrogen) atoms. The maximum absolute atomic E-state index is 11.0. The number of amides is 1. The van der Waals surface area contributed by atoms with Gasteiger partial charge >= 0.3 is 8.80 Å². The van der Waals surface area contributed by atoms with Crippen LogP contribution in [0, 0.1) is 0 Å². The summed E-state index contributed by atoms with van der Waals surface area (Å²) >= 11 is 0. The summed E-state index contributed by atoms with van der Waals surface area (Å²) in [5.41, 5.74) is 0. The van der Waals surface area contributed by atoms with Gasteiger partial charge in [-0.2, -0.15) is 0 Å². The van der Waals surface area contributed by atoms with E-state index in [0.29, 0.717) is 12.6 Å². The molecule has 0 aromatic heterocycles. The maximum atomic E-state index is 11.0. The highest BCUT2D eigenvalue weighted by Crippen LogP contribution is 2.14. The minimum atomic E-state index is -2.46.